The molecule has 11 rings (SSSR count). The number of benzene rings is 8. The van der Waals surface area contributed by atoms with Crippen LogP contribution in [0.3, 0.4) is 0 Å². The van der Waals surface area contributed by atoms with Crippen LogP contribution in [0.5, 0.6) is 0 Å². The van der Waals surface area contributed by atoms with E-state index in [9.17, 15) is 0 Å². The van der Waals surface area contributed by atoms with E-state index in [1.807, 2.05) is 12.3 Å². The summed E-state index contributed by atoms with van der Waals surface area (Å²) in [6, 6.07) is 60.6. The van der Waals surface area contributed by atoms with Crippen molar-refractivity contribution in [2.75, 3.05) is 0 Å². The van der Waals surface area contributed by atoms with Gasteiger partial charge in [-0.25, -0.2) is 15.0 Å². The zero-order chi connectivity index (χ0) is 38.1. The van der Waals surface area contributed by atoms with Gasteiger partial charge in [-0.1, -0.05) is 159 Å². The van der Waals surface area contributed by atoms with Crippen molar-refractivity contribution in [3.05, 3.63) is 193 Å². The molecule has 2 heterocycles. The van der Waals surface area contributed by atoms with Gasteiger partial charge in [-0.15, -0.1) is 0 Å². The first kappa shape index (κ1) is 33.1. The Balaban J connectivity index is 1.06. The van der Waals surface area contributed by atoms with Crippen LogP contribution in [0.1, 0.15) is 25.0 Å². The Kier molecular flexibility index (Phi) is 7.48. The van der Waals surface area contributed by atoms with Gasteiger partial charge in [-0.3, -0.25) is 4.98 Å². The molecule has 0 fully saturated rings. The number of fused-ring (bicyclic) bond motifs is 9. The Morgan fingerprint density at radius 1 is 0.333 bits per heavy atom. The molecule has 0 unspecified atom stereocenters. The van der Waals surface area contributed by atoms with Crippen molar-refractivity contribution in [3.63, 3.8) is 0 Å². The first-order valence-corrected chi connectivity index (χ1v) is 19.5. The van der Waals surface area contributed by atoms with Crippen LogP contribution in [-0.2, 0) is 5.41 Å². The molecule has 1 aliphatic carbocycles. The third-order valence-corrected chi connectivity index (χ3v) is 11.8. The molecule has 0 spiro atoms. The van der Waals surface area contributed by atoms with E-state index >= 15 is 0 Å². The lowest BCUT2D eigenvalue weighted by atomic mass is 9.81. The maximum atomic E-state index is 5.23. The van der Waals surface area contributed by atoms with Gasteiger partial charge in [0.1, 0.15) is 0 Å². The zero-order valence-corrected chi connectivity index (χ0v) is 31.6. The minimum atomic E-state index is -0.0817. The minimum Gasteiger partial charge on any atom is -0.264 e. The van der Waals surface area contributed by atoms with Crippen molar-refractivity contribution >= 4 is 32.3 Å². The topological polar surface area (TPSA) is 51.6 Å². The van der Waals surface area contributed by atoms with Crippen molar-refractivity contribution in [1.82, 2.24) is 19.9 Å². The lowest BCUT2D eigenvalue weighted by molar-refractivity contribution is 0.660. The van der Waals surface area contributed by atoms with E-state index in [2.05, 4.69) is 183 Å². The summed E-state index contributed by atoms with van der Waals surface area (Å²) in [6.45, 7) is 4.65. The number of rotatable bonds is 5. The lowest BCUT2D eigenvalue weighted by Gasteiger charge is -2.22. The number of pyridine rings is 1. The standard InChI is InChI=1S/C53H36N4/c1-53(2)48-19-8-7-18-45(48)46-27-24-36(31-49(46)53)35-11-9-12-37(29-35)51-55-50(34-22-20-33(21-23-34)39-13-10-28-54-32-39)56-52(57-51)38-25-26-44-42-16-4-3-14-40(42)41-15-5-6-17-43(41)47(44)30-38/h3-32H,1-2H3. The van der Waals surface area contributed by atoms with Crippen LogP contribution in [0.4, 0.5) is 0 Å². The summed E-state index contributed by atoms with van der Waals surface area (Å²) in [6.07, 6.45) is 3.68. The SMILES string of the molecule is CC1(C)c2ccccc2-c2ccc(-c3cccc(-c4nc(-c5ccc(-c6cccnc6)cc5)nc(-c5ccc6c7ccccc7c7ccccc7c6c5)n4)c3)cc21. The summed E-state index contributed by atoms with van der Waals surface area (Å²) in [5.74, 6) is 1.89. The first-order chi connectivity index (χ1) is 28.0. The molecule has 1 aliphatic rings. The van der Waals surface area contributed by atoms with Crippen molar-refractivity contribution in [3.8, 4) is 67.5 Å². The second-order valence-corrected chi connectivity index (χ2v) is 15.5. The molecular weight excluding hydrogens is 693 g/mol. The molecule has 0 saturated heterocycles. The normalized spacial score (nSPS) is 12.9. The molecule has 2 aromatic heterocycles. The van der Waals surface area contributed by atoms with Crippen molar-refractivity contribution in [2.45, 2.75) is 19.3 Å². The zero-order valence-electron chi connectivity index (χ0n) is 31.6. The molecule has 0 radical (unpaired) electrons. The van der Waals surface area contributed by atoms with E-state index in [-0.39, 0.29) is 5.41 Å². The van der Waals surface area contributed by atoms with Crippen LogP contribution in [0.25, 0.3) is 99.9 Å². The molecule has 0 bridgehead atoms. The average molecular weight is 729 g/mol. The van der Waals surface area contributed by atoms with Gasteiger partial charge in [0, 0.05) is 34.5 Å². The van der Waals surface area contributed by atoms with Crippen molar-refractivity contribution in [2.24, 2.45) is 0 Å². The fourth-order valence-corrected chi connectivity index (χ4v) is 8.88. The highest BCUT2D eigenvalue weighted by Crippen LogP contribution is 2.49. The summed E-state index contributed by atoms with van der Waals surface area (Å²) in [7, 11) is 0. The molecule has 8 aromatic carbocycles. The van der Waals surface area contributed by atoms with E-state index in [1.54, 1.807) is 6.20 Å². The van der Waals surface area contributed by atoms with Gasteiger partial charge in [0.15, 0.2) is 17.5 Å². The molecule has 57 heavy (non-hydrogen) atoms. The second-order valence-electron chi connectivity index (χ2n) is 15.5. The summed E-state index contributed by atoms with van der Waals surface area (Å²) in [5.41, 5.74) is 12.5. The number of nitrogens with zero attached hydrogens (tertiary/aromatic N) is 4. The van der Waals surface area contributed by atoms with Gasteiger partial charge in [-0.2, -0.15) is 0 Å². The van der Waals surface area contributed by atoms with Gasteiger partial charge >= 0.3 is 0 Å². The number of aromatic nitrogens is 4. The van der Waals surface area contributed by atoms with Crippen LogP contribution in [0.15, 0.2) is 182 Å². The fourth-order valence-electron chi connectivity index (χ4n) is 8.88. The Hall–Kier alpha value is -7.30. The Labute approximate surface area is 331 Å². The van der Waals surface area contributed by atoms with Crippen LogP contribution in [-0.4, -0.2) is 19.9 Å². The van der Waals surface area contributed by atoms with E-state index in [0.29, 0.717) is 17.5 Å². The molecule has 268 valence electrons. The predicted molar refractivity (Wildman–Crippen MR) is 235 cm³/mol. The molecule has 0 aliphatic heterocycles. The molecule has 0 atom stereocenters. The van der Waals surface area contributed by atoms with Crippen molar-refractivity contribution < 1.29 is 0 Å². The number of hydrogen-bond acceptors (Lipinski definition) is 4. The smallest absolute Gasteiger partial charge is 0.164 e. The predicted octanol–water partition coefficient (Wildman–Crippen LogP) is 13.4. The summed E-state index contributed by atoms with van der Waals surface area (Å²) < 4.78 is 0. The first-order valence-electron chi connectivity index (χ1n) is 19.5. The highest BCUT2D eigenvalue weighted by molar-refractivity contribution is 6.25. The minimum absolute atomic E-state index is 0.0817. The van der Waals surface area contributed by atoms with Crippen LogP contribution in [0.2, 0.25) is 0 Å². The highest BCUT2D eigenvalue weighted by Gasteiger charge is 2.35. The van der Waals surface area contributed by atoms with E-state index < -0.39 is 0 Å². The summed E-state index contributed by atoms with van der Waals surface area (Å²) >= 11 is 0. The molecule has 0 saturated carbocycles. The molecule has 4 nitrogen and oxygen atoms in total. The number of hydrogen-bond donors (Lipinski definition) is 0. The highest BCUT2D eigenvalue weighted by atomic mass is 15.0. The van der Waals surface area contributed by atoms with Crippen LogP contribution < -0.4 is 0 Å². The Morgan fingerprint density at radius 3 is 1.54 bits per heavy atom. The van der Waals surface area contributed by atoms with Gasteiger partial charge in [0.25, 0.3) is 0 Å². The van der Waals surface area contributed by atoms with E-state index in [0.717, 1.165) is 33.4 Å². The maximum absolute atomic E-state index is 5.23. The lowest BCUT2D eigenvalue weighted by Crippen LogP contribution is -2.14. The van der Waals surface area contributed by atoms with Gasteiger partial charge in [0.2, 0.25) is 0 Å². The van der Waals surface area contributed by atoms with E-state index in [1.165, 1.54) is 60.1 Å². The van der Waals surface area contributed by atoms with E-state index in [4.69, 9.17) is 15.0 Å². The monoisotopic (exact) mass is 728 g/mol. The van der Waals surface area contributed by atoms with Gasteiger partial charge in [0.05, 0.1) is 0 Å². The van der Waals surface area contributed by atoms with Gasteiger partial charge in [-0.05, 0) is 101 Å². The quantitative estimate of drug-likeness (QED) is 0.166. The Bertz CT molecular complexity index is 3170. The molecule has 10 aromatic rings. The second kappa shape index (κ2) is 12.9. The Morgan fingerprint density at radius 2 is 0.842 bits per heavy atom. The molecular formula is C53H36N4. The summed E-state index contributed by atoms with van der Waals surface area (Å²) in [5, 5.41) is 7.32. The van der Waals surface area contributed by atoms with Gasteiger partial charge < -0.3 is 0 Å². The molecule has 0 N–H and O–H groups in total. The molecule has 4 heteroatoms. The molecule has 0 amide bonds. The average Bonchev–Trinajstić information content (AvgIpc) is 3.51. The maximum Gasteiger partial charge on any atom is 0.164 e. The van der Waals surface area contributed by atoms with Crippen LogP contribution >= 0.6 is 0 Å². The van der Waals surface area contributed by atoms with Crippen molar-refractivity contribution in [1.29, 1.82) is 0 Å². The summed E-state index contributed by atoms with van der Waals surface area (Å²) in [4.78, 5) is 19.9. The fraction of sp³-hybridized carbons (Fsp3) is 0.0566. The van der Waals surface area contributed by atoms with Crippen LogP contribution in [0, 0.1) is 0 Å². The third kappa shape index (κ3) is 5.44. The largest absolute Gasteiger partial charge is 0.264 e. The third-order valence-electron chi connectivity index (χ3n) is 11.8.